The van der Waals surface area contributed by atoms with Gasteiger partial charge in [0.15, 0.2) is 0 Å². The van der Waals surface area contributed by atoms with Gasteiger partial charge in [-0.2, -0.15) is 0 Å². The predicted octanol–water partition coefficient (Wildman–Crippen LogP) is -0.959. The zero-order valence-electron chi connectivity index (χ0n) is 10.5. The molecule has 1 fully saturated rings. The average Bonchev–Trinajstić information content (AvgIpc) is 2.81. The highest BCUT2D eigenvalue weighted by Gasteiger charge is 2.23. The second-order valence-corrected chi connectivity index (χ2v) is 4.34. The van der Waals surface area contributed by atoms with Crippen molar-refractivity contribution in [2.24, 2.45) is 5.73 Å². The Morgan fingerprint density at radius 2 is 2.00 bits per heavy atom. The molecule has 0 bridgehead atoms. The largest absolute Gasteiger partial charge is 0.383 e. The standard InChI is InChI=1S/C11H21N3O3/c1-13(11(16)9(12)8-17-2)7-10(15)14-5-3-4-6-14/h9H,3-8,12H2,1-2H3. The van der Waals surface area contributed by atoms with E-state index in [0.717, 1.165) is 25.9 Å². The molecule has 2 amide bonds. The second kappa shape index (κ2) is 6.56. The quantitative estimate of drug-likeness (QED) is 0.675. The lowest BCUT2D eigenvalue weighted by atomic mass is 10.3. The Labute approximate surface area is 102 Å². The van der Waals surface area contributed by atoms with Gasteiger partial charge in [-0.1, -0.05) is 0 Å². The van der Waals surface area contributed by atoms with Crippen LogP contribution in [0.15, 0.2) is 0 Å². The molecule has 1 aliphatic rings. The molecule has 1 unspecified atom stereocenters. The molecule has 2 N–H and O–H groups in total. The topological polar surface area (TPSA) is 75.9 Å². The smallest absolute Gasteiger partial charge is 0.242 e. The number of ether oxygens (including phenoxy) is 1. The van der Waals surface area contributed by atoms with Gasteiger partial charge in [-0.05, 0) is 12.8 Å². The molecule has 1 saturated heterocycles. The van der Waals surface area contributed by atoms with E-state index in [1.165, 1.54) is 12.0 Å². The Kier molecular flexibility index (Phi) is 5.37. The molecule has 1 rings (SSSR count). The maximum Gasteiger partial charge on any atom is 0.242 e. The van der Waals surface area contributed by atoms with Crippen LogP contribution in [0.4, 0.5) is 0 Å². The van der Waals surface area contributed by atoms with E-state index in [2.05, 4.69) is 0 Å². The van der Waals surface area contributed by atoms with Crippen LogP contribution in [0.1, 0.15) is 12.8 Å². The Morgan fingerprint density at radius 3 is 2.53 bits per heavy atom. The van der Waals surface area contributed by atoms with E-state index >= 15 is 0 Å². The Balaban J connectivity index is 2.39. The molecule has 0 saturated carbocycles. The number of rotatable bonds is 5. The molecule has 0 spiro atoms. The van der Waals surface area contributed by atoms with Crippen LogP contribution in [0.25, 0.3) is 0 Å². The third kappa shape index (κ3) is 3.98. The minimum atomic E-state index is -0.698. The summed E-state index contributed by atoms with van der Waals surface area (Å²) in [6, 6.07) is -0.698. The Hall–Kier alpha value is -1.14. The molecule has 0 aliphatic carbocycles. The van der Waals surface area contributed by atoms with E-state index in [0.29, 0.717) is 0 Å². The molecule has 17 heavy (non-hydrogen) atoms. The van der Waals surface area contributed by atoms with Gasteiger partial charge in [0.1, 0.15) is 6.04 Å². The van der Waals surface area contributed by atoms with Crippen LogP contribution in [0, 0.1) is 0 Å². The maximum absolute atomic E-state index is 11.8. The molecular formula is C11H21N3O3. The van der Waals surface area contributed by atoms with E-state index in [4.69, 9.17) is 10.5 Å². The Bertz CT molecular complexity index is 277. The van der Waals surface area contributed by atoms with Gasteiger partial charge in [-0.25, -0.2) is 0 Å². The zero-order valence-corrected chi connectivity index (χ0v) is 10.5. The van der Waals surface area contributed by atoms with Crippen LogP contribution >= 0.6 is 0 Å². The number of nitrogens with zero attached hydrogens (tertiary/aromatic N) is 2. The van der Waals surface area contributed by atoms with Crippen molar-refractivity contribution >= 4 is 11.8 Å². The second-order valence-electron chi connectivity index (χ2n) is 4.34. The number of likely N-dealkylation sites (N-methyl/N-ethyl adjacent to an activating group) is 1. The van der Waals surface area contributed by atoms with Gasteiger partial charge in [0.05, 0.1) is 13.2 Å². The molecule has 6 nitrogen and oxygen atoms in total. The van der Waals surface area contributed by atoms with Gasteiger partial charge < -0.3 is 20.3 Å². The summed E-state index contributed by atoms with van der Waals surface area (Å²) >= 11 is 0. The average molecular weight is 243 g/mol. The number of hydrogen-bond acceptors (Lipinski definition) is 4. The number of amides is 2. The van der Waals surface area contributed by atoms with Crippen molar-refractivity contribution in [1.29, 1.82) is 0 Å². The van der Waals surface area contributed by atoms with Gasteiger partial charge in [0, 0.05) is 27.2 Å². The predicted molar refractivity (Wildman–Crippen MR) is 63.3 cm³/mol. The van der Waals surface area contributed by atoms with Gasteiger partial charge in [0.25, 0.3) is 0 Å². The molecule has 1 aliphatic heterocycles. The van der Waals surface area contributed by atoms with Crippen molar-refractivity contribution in [1.82, 2.24) is 9.80 Å². The molecule has 0 radical (unpaired) electrons. The van der Waals surface area contributed by atoms with E-state index < -0.39 is 6.04 Å². The normalized spacial score (nSPS) is 17.0. The summed E-state index contributed by atoms with van der Waals surface area (Å²) in [5, 5.41) is 0. The minimum absolute atomic E-state index is 0.0111. The van der Waals surface area contributed by atoms with E-state index in [1.807, 2.05) is 0 Å². The summed E-state index contributed by atoms with van der Waals surface area (Å²) in [7, 11) is 3.08. The van der Waals surface area contributed by atoms with Crippen LogP contribution in [0.3, 0.4) is 0 Å². The van der Waals surface area contributed by atoms with Gasteiger partial charge >= 0.3 is 0 Å². The van der Waals surface area contributed by atoms with Gasteiger partial charge in [0.2, 0.25) is 11.8 Å². The van der Waals surface area contributed by atoms with E-state index in [9.17, 15) is 9.59 Å². The maximum atomic E-state index is 11.8. The van der Waals surface area contributed by atoms with Crippen LogP contribution < -0.4 is 5.73 Å². The van der Waals surface area contributed by atoms with Crippen LogP contribution in [0.5, 0.6) is 0 Å². The molecule has 1 atom stereocenters. The summed E-state index contributed by atoms with van der Waals surface area (Å²) < 4.78 is 4.81. The highest BCUT2D eigenvalue weighted by atomic mass is 16.5. The molecule has 98 valence electrons. The summed E-state index contributed by atoms with van der Waals surface area (Å²) in [6.07, 6.45) is 2.10. The van der Waals surface area contributed by atoms with Crippen molar-refractivity contribution in [3.8, 4) is 0 Å². The van der Waals surface area contributed by atoms with E-state index in [1.54, 1.807) is 11.9 Å². The first-order chi connectivity index (χ1) is 8.06. The first kappa shape index (κ1) is 13.9. The number of hydrogen-bond donors (Lipinski definition) is 1. The number of carbonyl (C=O) groups is 2. The van der Waals surface area contributed by atoms with E-state index in [-0.39, 0.29) is 25.0 Å². The van der Waals surface area contributed by atoms with Crippen LogP contribution in [0.2, 0.25) is 0 Å². The number of carbonyl (C=O) groups excluding carboxylic acids is 2. The highest BCUT2D eigenvalue weighted by Crippen LogP contribution is 2.07. The highest BCUT2D eigenvalue weighted by molar-refractivity contribution is 5.87. The van der Waals surface area contributed by atoms with Crippen molar-refractivity contribution in [2.75, 3.05) is 40.4 Å². The number of methoxy groups -OCH3 is 1. The fraction of sp³-hybridized carbons (Fsp3) is 0.818. The van der Waals surface area contributed by atoms with Crippen molar-refractivity contribution in [3.05, 3.63) is 0 Å². The lowest BCUT2D eigenvalue weighted by molar-refractivity contribution is -0.140. The summed E-state index contributed by atoms with van der Waals surface area (Å²) in [4.78, 5) is 26.7. The SMILES string of the molecule is COCC(N)C(=O)N(C)CC(=O)N1CCCC1. The summed E-state index contributed by atoms with van der Waals surface area (Å²) in [5.74, 6) is -0.276. The monoisotopic (exact) mass is 243 g/mol. The van der Waals surface area contributed by atoms with Crippen LogP contribution in [-0.4, -0.2) is 68.1 Å². The lowest BCUT2D eigenvalue weighted by Gasteiger charge is -2.23. The Morgan fingerprint density at radius 1 is 1.41 bits per heavy atom. The summed E-state index contributed by atoms with van der Waals surface area (Å²) in [6.45, 7) is 1.85. The summed E-state index contributed by atoms with van der Waals surface area (Å²) in [5.41, 5.74) is 5.62. The zero-order chi connectivity index (χ0) is 12.8. The van der Waals surface area contributed by atoms with Crippen LogP contribution in [-0.2, 0) is 14.3 Å². The van der Waals surface area contributed by atoms with Crippen molar-refractivity contribution < 1.29 is 14.3 Å². The van der Waals surface area contributed by atoms with Crippen molar-refractivity contribution in [3.63, 3.8) is 0 Å². The minimum Gasteiger partial charge on any atom is -0.383 e. The van der Waals surface area contributed by atoms with Crippen molar-refractivity contribution in [2.45, 2.75) is 18.9 Å². The molecule has 1 heterocycles. The third-order valence-corrected chi connectivity index (χ3v) is 2.87. The fourth-order valence-electron chi connectivity index (χ4n) is 1.88. The van der Waals surface area contributed by atoms with Gasteiger partial charge in [-0.3, -0.25) is 9.59 Å². The molecule has 0 aromatic carbocycles. The lowest BCUT2D eigenvalue weighted by Crippen LogP contribution is -2.48. The number of likely N-dealkylation sites (tertiary alicyclic amines) is 1. The first-order valence-corrected chi connectivity index (χ1v) is 5.83. The molecule has 0 aromatic heterocycles. The molecule has 6 heteroatoms. The number of nitrogens with two attached hydrogens (primary N) is 1. The fourth-order valence-corrected chi connectivity index (χ4v) is 1.88. The molecular weight excluding hydrogens is 222 g/mol. The third-order valence-electron chi connectivity index (χ3n) is 2.87. The van der Waals surface area contributed by atoms with Gasteiger partial charge in [-0.15, -0.1) is 0 Å². The first-order valence-electron chi connectivity index (χ1n) is 5.83. The molecule has 0 aromatic rings.